The highest BCUT2D eigenvalue weighted by Crippen LogP contribution is 2.34. The number of carbonyl (C=O) groups is 2. The lowest BCUT2D eigenvalue weighted by molar-refractivity contribution is -0.152. The lowest BCUT2D eigenvalue weighted by atomic mass is 9.73. The first-order chi connectivity index (χ1) is 8.42. The molecule has 0 bridgehead atoms. The minimum atomic E-state index is -1.04. The summed E-state index contributed by atoms with van der Waals surface area (Å²) in [6, 6.07) is 0. The Morgan fingerprint density at radius 2 is 2.11 bits per heavy atom. The van der Waals surface area contributed by atoms with Gasteiger partial charge < -0.3 is 10.4 Å². The van der Waals surface area contributed by atoms with E-state index in [1.165, 1.54) is 0 Å². The molecule has 1 aliphatic carbocycles. The quantitative estimate of drug-likeness (QED) is 0.793. The van der Waals surface area contributed by atoms with Gasteiger partial charge in [-0.05, 0) is 24.7 Å². The molecule has 4 heteroatoms. The maximum absolute atomic E-state index is 12.0. The van der Waals surface area contributed by atoms with Gasteiger partial charge in [-0.1, -0.05) is 40.0 Å². The summed E-state index contributed by atoms with van der Waals surface area (Å²) in [5.41, 5.74) is -1.04. The second kappa shape index (κ2) is 6.21. The molecule has 1 rings (SSSR count). The molecule has 0 saturated heterocycles. The molecule has 0 aliphatic heterocycles. The van der Waals surface area contributed by atoms with Crippen LogP contribution in [0.15, 0.2) is 0 Å². The SMILES string of the molecule is CCC(C)CC(=O)NC1(C(=O)O)CCCCC1C. The largest absolute Gasteiger partial charge is 0.479 e. The summed E-state index contributed by atoms with van der Waals surface area (Å²) in [5, 5.41) is 12.3. The maximum atomic E-state index is 12.0. The van der Waals surface area contributed by atoms with Crippen molar-refractivity contribution in [3.8, 4) is 0 Å². The Morgan fingerprint density at radius 3 is 2.61 bits per heavy atom. The monoisotopic (exact) mass is 255 g/mol. The number of hydrogen-bond acceptors (Lipinski definition) is 2. The normalized spacial score (nSPS) is 29.6. The molecule has 104 valence electrons. The predicted molar refractivity (Wildman–Crippen MR) is 70.2 cm³/mol. The van der Waals surface area contributed by atoms with E-state index in [2.05, 4.69) is 5.32 Å². The molecule has 3 unspecified atom stereocenters. The van der Waals surface area contributed by atoms with Crippen molar-refractivity contribution < 1.29 is 14.7 Å². The van der Waals surface area contributed by atoms with Crippen molar-refractivity contribution in [2.24, 2.45) is 11.8 Å². The summed E-state index contributed by atoms with van der Waals surface area (Å²) < 4.78 is 0. The summed E-state index contributed by atoms with van der Waals surface area (Å²) in [6.45, 7) is 5.97. The highest BCUT2D eigenvalue weighted by atomic mass is 16.4. The first-order valence-corrected chi connectivity index (χ1v) is 6.96. The Hall–Kier alpha value is -1.06. The van der Waals surface area contributed by atoms with Crippen LogP contribution < -0.4 is 5.32 Å². The molecule has 1 fully saturated rings. The Kier molecular flexibility index (Phi) is 5.17. The summed E-state index contributed by atoms with van der Waals surface area (Å²) in [6.07, 6.45) is 4.70. The van der Waals surface area contributed by atoms with Gasteiger partial charge in [0.25, 0.3) is 0 Å². The van der Waals surface area contributed by atoms with Gasteiger partial charge in [-0.15, -0.1) is 0 Å². The zero-order valence-corrected chi connectivity index (χ0v) is 11.7. The van der Waals surface area contributed by atoms with Crippen molar-refractivity contribution in [3.63, 3.8) is 0 Å². The van der Waals surface area contributed by atoms with E-state index in [0.29, 0.717) is 18.8 Å². The van der Waals surface area contributed by atoms with Crippen molar-refractivity contribution in [1.82, 2.24) is 5.32 Å². The third kappa shape index (κ3) is 3.24. The van der Waals surface area contributed by atoms with E-state index in [1.807, 2.05) is 20.8 Å². The fourth-order valence-electron chi connectivity index (χ4n) is 2.66. The molecule has 1 amide bonds. The van der Waals surface area contributed by atoms with Crippen LogP contribution in [0.5, 0.6) is 0 Å². The van der Waals surface area contributed by atoms with E-state index in [0.717, 1.165) is 25.7 Å². The van der Waals surface area contributed by atoms with Crippen LogP contribution in [-0.4, -0.2) is 22.5 Å². The number of carbonyl (C=O) groups excluding carboxylic acids is 1. The Bertz CT molecular complexity index is 316. The number of nitrogens with one attached hydrogen (secondary N) is 1. The standard InChI is InChI=1S/C14H25NO3/c1-4-10(2)9-12(16)15-14(13(17)18)8-6-5-7-11(14)3/h10-11H,4-9H2,1-3H3,(H,15,16)(H,17,18). The highest BCUT2D eigenvalue weighted by molar-refractivity contribution is 5.87. The molecule has 1 saturated carbocycles. The van der Waals surface area contributed by atoms with Crippen molar-refractivity contribution in [1.29, 1.82) is 0 Å². The molecular weight excluding hydrogens is 230 g/mol. The fourth-order valence-corrected chi connectivity index (χ4v) is 2.66. The molecule has 3 atom stereocenters. The molecule has 0 aromatic rings. The van der Waals surface area contributed by atoms with E-state index in [4.69, 9.17) is 0 Å². The van der Waals surface area contributed by atoms with Gasteiger partial charge in [-0.25, -0.2) is 4.79 Å². The van der Waals surface area contributed by atoms with Crippen LogP contribution in [-0.2, 0) is 9.59 Å². The van der Waals surface area contributed by atoms with Crippen molar-refractivity contribution in [2.75, 3.05) is 0 Å². The molecule has 4 nitrogen and oxygen atoms in total. The van der Waals surface area contributed by atoms with E-state index in [1.54, 1.807) is 0 Å². The molecule has 0 heterocycles. The van der Waals surface area contributed by atoms with Crippen LogP contribution in [0, 0.1) is 11.8 Å². The maximum Gasteiger partial charge on any atom is 0.329 e. The second-order valence-electron chi connectivity index (χ2n) is 5.69. The Morgan fingerprint density at radius 1 is 1.44 bits per heavy atom. The van der Waals surface area contributed by atoms with E-state index in [-0.39, 0.29) is 11.8 Å². The predicted octanol–water partition coefficient (Wildman–Crippen LogP) is 2.57. The summed E-state index contributed by atoms with van der Waals surface area (Å²) in [5.74, 6) is -0.702. The highest BCUT2D eigenvalue weighted by Gasteiger charge is 2.46. The number of carboxylic acid groups (broad SMARTS) is 1. The van der Waals surface area contributed by atoms with Gasteiger partial charge in [0, 0.05) is 6.42 Å². The number of hydrogen-bond donors (Lipinski definition) is 2. The minimum absolute atomic E-state index is 0.00429. The minimum Gasteiger partial charge on any atom is -0.479 e. The van der Waals surface area contributed by atoms with Gasteiger partial charge >= 0.3 is 5.97 Å². The third-order valence-corrected chi connectivity index (χ3v) is 4.27. The van der Waals surface area contributed by atoms with Crippen LogP contribution in [0.1, 0.15) is 59.3 Å². The van der Waals surface area contributed by atoms with Gasteiger partial charge in [-0.3, -0.25) is 4.79 Å². The average Bonchev–Trinajstić information content (AvgIpc) is 2.31. The Labute approximate surface area is 109 Å². The second-order valence-corrected chi connectivity index (χ2v) is 5.69. The lowest BCUT2D eigenvalue weighted by Crippen LogP contribution is -2.60. The lowest BCUT2D eigenvalue weighted by Gasteiger charge is -2.39. The van der Waals surface area contributed by atoms with Gasteiger partial charge in [-0.2, -0.15) is 0 Å². The number of rotatable bonds is 5. The van der Waals surface area contributed by atoms with Gasteiger partial charge in [0.05, 0.1) is 0 Å². The molecule has 18 heavy (non-hydrogen) atoms. The first-order valence-electron chi connectivity index (χ1n) is 6.96. The van der Waals surface area contributed by atoms with Crippen molar-refractivity contribution in [3.05, 3.63) is 0 Å². The molecule has 2 N–H and O–H groups in total. The number of carboxylic acids is 1. The van der Waals surface area contributed by atoms with E-state index >= 15 is 0 Å². The average molecular weight is 255 g/mol. The first kappa shape index (κ1) is 15.0. The zero-order valence-electron chi connectivity index (χ0n) is 11.7. The molecule has 0 radical (unpaired) electrons. The van der Waals surface area contributed by atoms with Crippen LogP contribution in [0.3, 0.4) is 0 Å². The van der Waals surface area contributed by atoms with E-state index in [9.17, 15) is 14.7 Å². The van der Waals surface area contributed by atoms with E-state index < -0.39 is 11.5 Å². The van der Waals surface area contributed by atoms with Crippen molar-refractivity contribution >= 4 is 11.9 Å². The van der Waals surface area contributed by atoms with Crippen LogP contribution >= 0.6 is 0 Å². The molecule has 0 spiro atoms. The summed E-state index contributed by atoms with van der Waals surface area (Å²) >= 11 is 0. The number of amides is 1. The smallest absolute Gasteiger partial charge is 0.329 e. The zero-order chi connectivity index (χ0) is 13.8. The van der Waals surface area contributed by atoms with Crippen LogP contribution in [0.4, 0.5) is 0 Å². The van der Waals surface area contributed by atoms with Gasteiger partial charge in [0.1, 0.15) is 5.54 Å². The molecule has 1 aliphatic rings. The van der Waals surface area contributed by atoms with Crippen LogP contribution in [0.2, 0.25) is 0 Å². The number of aliphatic carboxylic acids is 1. The van der Waals surface area contributed by atoms with Crippen molar-refractivity contribution in [2.45, 2.75) is 64.8 Å². The molecular formula is C14H25NO3. The fraction of sp³-hybridized carbons (Fsp3) is 0.857. The van der Waals surface area contributed by atoms with Gasteiger partial charge in [0.2, 0.25) is 5.91 Å². The van der Waals surface area contributed by atoms with Crippen LogP contribution in [0.25, 0.3) is 0 Å². The Balaban J connectivity index is 2.74. The third-order valence-electron chi connectivity index (χ3n) is 4.27. The topological polar surface area (TPSA) is 66.4 Å². The molecule has 0 aromatic carbocycles. The molecule has 0 aromatic heterocycles. The summed E-state index contributed by atoms with van der Waals surface area (Å²) in [4.78, 5) is 23.5. The summed E-state index contributed by atoms with van der Waals surface area (Å²) in [7, 11) is 0. The van der Waals surface area contributed by atoms with Gasteiger partial charge in [0.15, 0.2) is 0 Å².